The Balaban J connectivity index is 2.14. The number of carbonyl (C=O) groups is 2. The number of piperidine rings is 1. The zero-order valence-corrected chi connectivity index (χ0v) is 17.0. The molecule has 0 N–H and O–H groups in total. The summed E-state index contributed by atoms with van der Waals surface area (Å²) >= 11 is 0. The fraction of sp³-hybridized carbons (Fsp3) is 0.600. The average Bonchev–Trinajstić information content (AvgIpc) is 2.66. The molecule has 1 aliphatic heterocycles. The molecule has 0 bridgehead atoms. The normalized spacial score (nSPS) is 19.2. The number of nitro groups is 1. The lowest BCUT2D eigenvalue weighted by molar-refractivity contribution is -0.384. The molecule has 0 unspecified atom stereocenters. The smallest absolute Gasteiger partial charge is 0.341 e. The zero-order chi connectivity index (χ0) is 20.8. The second kappa shape index (κ2) is 9.52. The largest absolute Gasteiger partial charge is 0.452 e. The summed E-state index contributed by atoms with van der Waals surface area (Å²) in [6.07, 6.45) is 1.07. The molecule has 0 spiro atoms. The first-order chi connectivity index (χ1) is 13.3. The molecule has 1 fully saturated rings. The molecule has 2 rings (SSSR count). The minimum Gasteiger partial charge on any atom is -0.452 e. The lowest BCUT2D eigenvalue weighted by Crippen LogP contribution is -2.44. The van der Waals surface area contributed by atoms with E-state index < -0.39 is 10.9 Å². The number of rotatable bonds is 7. The predicted octanol–water partition coefficient (Wildman–Crippen LogP) is 3.10. The van der Waals surface area contributed by atoms with Crippen molar-refractivity contribution < 1.29 is 19.2 Å². The monoisotopic (exact) mass is 391 g/mol. The number of carbonyl (C=O) groups excluding carboxylic acids is 2. The predicted molar refractivity (Wildman–Crippen MR) is 106 cm³/mol. The van der Waals surface area contributed by atoms with Gasteiger partial charge < -0.3 is 14.5 Å². The number of amides is 1. The standard InChI is InChI=1S/C20H29N3O5/c1-5-21(6-2)18-8-7-16(23(26)27)10-17(18)20(25)28-13-19(24)22-11-14(3)9-15(4)12-22/h7-8,10,14-15H,5-6,9,11-13H2,1-4H3/t14-,15-/m0/s1. The maximum Gasteiger partial charge on any atom is 0.341 e. The number of non-ortho nitro benzene ring substituents is 1. The molecule has 154 valence electrons. The van der Waals surface area contributed by atoms with Gasteiger partial charge in [-0.1, -0.05) is 13.8 Å². The number of hydrogen-bond acceptors (Lipinski definition) is 6. The van der Waals surface area contributed by atoms with Crippen molar-refractivity contribution in [3.05, 3.63) is 33.9 Å². The van der Waals surface area contributed by atoms with Crippen LogP contribution in [-0.2, 0) is 9.53 Å². The SMILES string of the molecule is CCN(CC)c1ccc([N+](=O)[O-])cc1C(=O)OCC(=O)N1C[C@@H](C)C[C@H](C)C1. The lowest BCUT2D eigenvalue weighted by atomic mass is 9.92. The lowest BCUT2D eigenvalue weighted by Gasteiger charge is -2.34. The molecular formula is C20H29N3O5. The van der Waals surface area contributed by atoms with Crippen LogP contribution in [-0.4, -0.2) is 54.5 Å². The number of benzene rings is 1. The number of hydrogen-bond donors (Lipinski definition) is 0. The molecule has 1 aromatic rings. The van der Waals surface area contributed by atoms with Gasteiger partial charge >= 0.3 is 5.97 Å². The van der Waals surface area contributed by atoms with Crippen LogP contribution in [0.25, 0.3) is 0 Å². The maximum absolute atomic E-state index is 12.7. The highest BCUT2D eigenvalue weighted by Crippen LogP contribution is 2.26. The van der Waals surface area contributed by atoms with Crippen LogP contribution in [0.1, 0.15) is 44.5 Å². The van der Waals surface area contributed by atoms with Crippen LogP contribution in [0.4, 0.5) is 11.4 Å². The van der Waals surface area contributed by atoms with Crippen molar-refractivity contribution >= 4 is 23.3 Å². The number of ether oxygens (including phenoxy) is 1. The van der Waals surface area contributed by atoms with Gasteiger partial charge in [-0.3, -0.25) is 14.9 Å². The molecule has 0 aromatic heterocycles. The molecule has 1 amide bonds. The van der Waals surface area contributed by atoms with Crippen molar-refractivity contribution in [2.75, 3.05) is 37.7 Å². The van der Waals surface area contributed by atoms with Crippen LogP contribution in [0.15, 0.2) is 18.2 Å². The van der Waals surface area contributed by atoms with Crippen LogP contribution in [0.5, 0.6) is 0 Å². The van der Waals surface area contributed by atoms with E-state index >= 15 is 0 Å². The topological polar surface area (TPSA) is 93.0 Å². The summed E-state index contributed by atoms with van der Waals surface area (Å²) in [5.74, 6) is -0.137. The molecule has 8 nitrogen and oxygen atoms in total. The summed E-state index contributed by atoms with van der Waals surface area (Å²) < 4.78 is 5.25. The molecule has 1 saturated heterocycles. The third kappa shape index (κ3) is 5.21. The Morgan fingerprint density at radius 2 is 1.82 bits per heavy atom. The van der Waals surface area contributed by atoms with Crippen molar-refractivity contribution in [2.45, 2.75) is 34.1 Å². The van der Waals surface area contributed by atoms with Crippen molar-refractivity contribution in [3.63, 3.8) is 0 Å². The Morgan fingerprint density at radius 1 is 1.21 bits per heavy atom. The number of nitro benzene ring substituents is 1. The Hall–Kier alpha value is -2.64. The fourth-order valence-corrected chi connectivity index (χ4v) is 3.80. The number of nitrogens with zero attached hydrogens (tertiary/aromatic N) is 3. The van der Waals surface area contributed by atoms with Gasteiger partial charge in [0.2, 0.25) is 0 Å². The van der Waals surface area contributed by atoms with Gasteiger partial charge in [0.25, 0.3) is 11.6 Å². The molecule has 0 saturated carbocycles. The van der Waals surface area contributed by atoms with E-state index in [2.05, 4.69) is 13.8 Å². The summed E-state index contributed by atoms with van der Waals surface area (Å²) in [7, 11) is 0. The van der Waals surface area contributed by atoms with E-state index in [4.69, 9.17) is 4.74 Å². The van der Waals surface area contributed by atoms with Gasteiger partial charge in [0, 0.05) is 38.3 Å². The third-order valence-electron chi connectivity index (χ3n) is 5.06. The zero-order valence-electron chi connectivity index (χ0n) is 17.0. The number of esters is 1. The van der Waals surface area contributed by atoms with Crippen LogP contribution in [0.2, 0.25) is 0 Å². The van der Waals surface area contributed by atoms with Crippen LogP contribution in [0, 0.1) is 22.0 Å². The van der Waals surface area contributed by atoms with Crippen molar-refractivity contribution in [1.82, 2.24) is 4.90 Å². The second-order valence-corrected chi connectivity index (χ2v) is 7.45. The average molecular weight is 391 g/mol. The Kier molecular flexibility index (Phi) is 7.37. The molecule has 2 atom stereocenters. The quantitative estimate of drug-likeness (QED) is 0.403. The Morgan fingerprint density at radius 3 is 2.36 bits per heavy atom. The maximum atomic E-state index is 12.7. The van der Waals surface area contributed by atoms with Crippen molar-refractivity contribution in [2.24, 2.45) is 11.8 Å². The fourth-order valence-electron chi connectivity index (χ4n) is 3.80. The Bertz CT molecular complexity index is 723. The van der Waals surface area contributed by atoms with Gasteiger partial charge in [0.15, 0.2) is 6.61 Å². The molecule has 0 radical (unpaired) electrons. The van der Waals surface area contributed by atoms with E-state index in [1.54, 1.807) is 11.0 Å². The molecule has 1 aliphatic rings. The Labute approximate surface area is 165 Å². The highest BCUT2D eigenvalue weighted by molar-refractivity contribution is 5.97. The second-order valence-electron chi connectivity index (χ2n) is 7.45. The molecule has 28 heavy (non-hydrogen) atoms. The van der Waals surface area contributed by atoms with Gasteiger partial charge in [0.05, 0.1) is 16.2 Å². The summed E-state index contributed by atoms with van der Waals surface area (Å²) in [6.45, 7) is 10.3. The summed E-state index contributed by atoms with van der Waals surface area (Å²) in [5, 5.41) is 11.1. The minimum absolute atomic E-state index is 0.103. The first kappa shape index (κ1) is 21.7. The van der Waals surface area contributed by atoms with E-state index in [1.807, 2.05) is 18.7 Å². The summed E-state index contributed by atoms with van der Waals surface area (Å²) in [4.78, 5) is 39.3. The van der Waals surface area contributed by atoms with Crippen LogP contribution in [0.3, 0.4) is 0 Å². The van der Waals surface area contributed by atoms with Crippen molar-refractivity contribution in [1.29, 1.82) is 0 Å². The number of likely N-dealkylation sites (tertiary alicyclic amines) is 1. The van der Waals surface area contributed by atoms with Gasteiger partial charge in [-0.25, -0.2) is 4.79 Å². The molecule has 8 heteroatoms. The van der Waals surface area contributed by atoms with E-state index in [0.29, 0.717) is 43.7 Å². The van der Waals surface area contributed by atoms with Crippen molar-refractivity contribution in [3.8, 4) is 0 Å². The van der Waals surface area contributed by atoms with Gasteiger partial charge in [-0.05, 0) is 38.2 Å². The van der Waals surface area contributed by atoms with Gasteiger partial charge in [0.1, 0.15) is 0 Å². The summed E-state index contributed by atoms with van der Waals surface area (Å²) in [6, 6.07) is 4.13. The highest BCUT2D eigenvalue weighted by Gasteiger charge is 2.27. The third-order valence-corrected chi connectivity index (χ3v) is 5.06. The van der Waals surface area contributed by atoms with Gasteiger partial charge in [-0.2, -0.15) is 0 Å². The summed E-state index contributed by atoms with van der Waals surface area (Å²) in [5.41, 5.74) is 0.479. The van der Waals surface area contributed by atoms with Crippen LogP contribution >= 0.6 is 0 Å². The van der Waals surface area contributed by atoms with Gasteiger partial charge in [-0.15, -0.1) is 0 Å². The van der Waals surface area contributed by atoms with E-state index in [1.165, 1.54) is 12.1 Å². The molecule has 1 aromatic carbocycles. The highest BCUT2D eigenvalue weighted by atomic mass is 16.6. The molecule has 1 heterocycles. The molecular weight excluding hydrogens is 362 g/mol. The first-order valence-electron chi connectivity index (χ1n) is 9.75. The van der Waals surface area contributed by atoms with E-state index in [-0.39, 0.29) is 23.8 Å². The first-order valence-corrected chi connectivity index (χ1v) is 9.75. The van der Waals surface area contributed by atoms with E-state index in [0.717, 1.165) is 6.42 Å². The number of anilines is 1. The molecule has 0 aliphatic carbocycles. The van der Waals surface area contributed by atoms with Crippen LogP contribution < -0.4 is 4.90 Å². The minimum atomic E-state index is -0.725. The van der Waals surface area contributed by atoms with E-state index in [9.17, 15) is 19.7 Å².